The third-order valence-electron chi connectivity index (χ3n) is 6.82. The van der Waals surface area contributed by atoms with Crippen molar-refractivity contribution in [3.05, 3.63) is 59.7 Å². The third-order valence-corrected chi connectivity index (χ3v) is 6.82. The molecule has 0 radical (unpaired) electrons. The van der Waals surface area contributed by atoms with Gasteiger partial charge in [0.15, 0.2) is 0 Å². The van der Waals surface area contributed by atoms with Crippen molar-refractivity contribution in [2.45, 2.75) is 64.1 Å². The van der Waals surface area contributed by atoms with E-state index in [1.165, 1.54) is 19.3 Å². The molecule has 4 rings (SSSR count). The van der Waals surface area contributed by atoms with Crippen LogP contribution in [0.2, 0.25) is 0 Å². The molecule has 170 valence electrons. The van der Waals surface area contributed by atoms with Gasteiger partial charge in [-0.3, -0.25) is 15.1 Å². The first kappa shape index (κ1) is 22.3. The number of nitrogens with zero attached hydrogens (tertiary/aromatic N) is 2. The molecule has 1 unspecified atom stereocenters. The number of nitrogens with two attached hydrogens (primary N) is 1. The number of benzene rings is 2. The highest BCUT2D eigenvalue weighted by atomic mass is 16.5. The number of hydrogen-bond acceptors (Lipinski definition) is 4. The molecule has 0 aromatic heterocycles. The van der Waals surface area contributed by atoms with Gasteiger partial charge in [0, 0.05) is 29.8 Å². The van der Waals surface area contributed by atoms with Gasteiger partial charge in [-0.15, -0.1) is 0 Å². The van der Waals surface area contributed by atoms with Gasteiger partial charge in [0.05, 0.1) is 5.69 Å². The van der Waals surface area contributed by atoms with Crippen LogP contribution in [-0.2, 0) is 4.79 Å². The van der Waals surface area contributed by atoms with Gasteiger partial charge in [0.2, 0.25) is 6.10 Å². The Hall–Kier alpha value is -2.86. The third kappa shape index (κ3) is 4.65. The summed E-state index contributed by atoms with van der Waals surface area (Å²) in [7, 11) is 0. The number of nitrogen functional groups attached to an aromatic ring is 1. The molecule has 32 heavy (non-hydrogen) atoms. The summed E-state index contributed by atoms with van der Waals surface area (Å²) < 4.78 is 6.11. The first-order valence-corrected chi connectivity index (χ1v) is 11.7. The van der Waals surface area contributed by atoms with Crippen LogP contribution in [0.15, 0.2) is 48.5 Å². The number of para-hydroxylation sites is 2. The highest BCUT2D eigenvalue weighted by molar-refractivity contribution is 6.01. The van der Waals surface area contributed by atoms with Gasteiger partial charge in [-0.1, -0.05) is 36.8 Å². The minimum Gasteiger partial charge on any atom is -0.474 e. The number of amides is 1. The Morgan fingerprint density at radius 3 is 2.53 bits per heavy atom. The Kier molecular flexibility index (Phi) is 6.80. The highest BCUT2D eigenvalue weighted by Gasteiger charge is 2.35. The summed E-state index contributed by atoms with van der Waals surface area (Å²) in [6.07, 6.45) is 5.15. The SMILES string of the molecule is C[C@@H]1CCC[C@H](C)N1CCCCN1C(=O)C(c2cccc(C(=N)N)c2)Oc2ccccc21. The summed E-state index contributed by atoms with van der Waals surface area (Å²) in [5, 5.41) is 7.72. The monoisotopic (exact) mass is 434 g/mol. The van der Waals surface area contributed by atoms with Crippen molar-refractivity contribution in [2.75, 3.05) is 18.0 Å². The molecular formula is C26H34N4O2. The van der Waals surface area contributed by atoms with Crippen LogP contribution in [0.3, 0.4) is 0 Å². The smallest absolute Gasteiger partial charge is 0.272 e. The van der Waals surface area contributed by atoms with Gasteiger partial charge in [0.1, 0.15) is 11.6 Å². The molecule has 0 aliphatic carbocycles. The minimum atomic E-state index is -0.730. The minimum absolute atomic E-state index is 0.0199. The molecule has 0 bridgehead atoms. The second kappa shape index (κ2) is 9.74. The zero-order valence-electron chi connectivity index (χ0n) is 19.1. The van der Waals surface area contributed by atoms with E-state index in [1.54, 1.807) is 12.1 Å². The predicted octanol–water partition coefficient (Wildman–Crippen LogP) is 4.48. The number of nitrogens with one attached hydrogen (secondary N) is 1. The van der Waals surface area contributed by atoms with Crippen molar-refractivity contribution >= 4 is 17.4 Å². The quantitative estimate of drug-likeness (QED) is 0.382. The molecule has 1 amide bonds. The molecule has 3 N–H and O–H groups in total. The van der Waals surface area contributed by atoms with E-state index in [2.05, 4.69) is 18.7 Å². The molecule has 6 heteroatoms. The van der Waals surface area contributed by atoms with Gasteiger partial charge in [-0.25, -0.2) is 0 Å². The number of unbranched alkanes of at least 4 members (excludes halogenated alkanes) is 1. The summed E-state index contributed by atoms with van der Waals surface area (Å²) in [4.78, 5) is 18.0. The Labute approximate surface area is 190 Å². The van der Waals surface area contributed by atoms with Crippen LogP contribution in [0.5, 0.6) is 5.75 Å². The molecule has 0 saturated carbocycles. The number of rotatable bonds is 7. The maximum atomic E-state index is 13.5. The molecule has 2 heterocycles. The number of ether oxygens (including phenoxy) is 1. The van der Waals surface area contributed by atoms with Crippen LogP contribution in [0.4, 0.5) is 5.69 Å². The lowest BCUT2D eigenvalue weighted by Crippen LogP contribution is -2.44. The fourth-order valence-corrected chi connectivity index (χ4v) is 5.01. The number of piperidine rings is 1. The standard InChI is InChI=1S/C26H34N4O2/c1-18-9-7-10-19(2)29(18)15-5-6-16-30-22-13-3-4-14-23(22)32-24(26(30)31)20-11-8-12-21(17-20)25(27)28/h3-4,8,11-14,17-19,24H,5-7,9-10,15-16H2,1-2H3,(H3,27,28)/t18-,19+,24?. The van der Waals surface area contributed by atoms with E-state index in [0.29, 0.717) is 29.9 Å². The molecule has 2 aromatic carbocycles. The summed E-state index contributed by atoms with van der Waals surface area (Å²) in [6.45, 7) is 6.40. The zero-order valence-corrected chi connectivity index (χ0v) is 19.1. The van der Waals surface area contributed by atoms with Crippen molar-refractivity contribution < 1.29 is 9.53 Å². The van der Waals surface area contributed by atoms with Crippen molar-refractivity contribution in [1.82, 2.24) is 4.90 Å². The lowest BCUT2D eigenvalue weighted by molar-refractivity contribution is -0.126. The highest BCUT2D eigenvalue weighted by Crippen LogP contribution is 2.39. The summed E-state index contributed by atoms with van der Waals surface area (Å²) in [6, 6.07) is 16.2. The molecule has 6 nitrogen and oxygen atoms in total. The summed E-state index contributed by atoms with van der Waals surface area (Å²) in [5.74, 6) is 0.626. The van der Waals surface area contributed by atoms with E-state index >= 15 is 0 Å². The van der Waals surface area contributed by atoms with E-state index in [1.807, 2.05) is 41.3 Å². The summed E-state index contributed by atoms with van der Waals surface area (Å²) >= 11 is 0. The van der Waals surface area contributed by atoms with Crippen molar-refractivity contribution in [2.24, 2.45) is 5.73 Å². The van der Waals surface area contributed by atoms with Crippen molar-refractivity contribution in [1.29, 1.82) is 5.41 Å². The van der Waals surface area contributed by atoms with Crippen molar-refractivity contribution in [3.8, 4) is 5.75 Å². The number of amidine groups is 1. The van der Waals surface area contributed by atoms with Gasteiger partial charge in [-0.2, -0.15) is 0 Å². The summed E-state index contributed by atoms with van der Waals surface area (Å²) in [5.41, 5.74) is 7.80. The van der Waals surface area contributed by atoms with E-state index in [-0.39, 0.29) is 11.7 Å². The number of carbonyl (C=O) groups excluding carboxylic acids is 1. The van der Waals surface area contributed by atoms with E-state index < -0.39 is 6.10 Å². The van der Waals surface area contributed by atoms with Crippen LogP contribution in [0, 0.1) is 5.41 Å². The van der Waals surface area contributed by atoms with Crippen molar-refractivity contribution in [3.63, 3.8) is 0 Å². The van der Waals surface area contributed by atoms with Gasteiger partial charge >= 0.3 is 0 Å². The number of likely N-dealkylation sites (tertiary alicyclic amines) is 1. The number of carbonyl (C=O) groups is 1. The topological polar surface area (TPSA) is 82.7 Å². The Balaban J connectivity index is 1.47. The Bertz CT molecular complexity index is 966. The Morgan fingerprint density at radius 1 is 1.06 bits per heavy atom. The fourth-order valence-electron chi connectivity index (χ4n) is 5.01. The number of fused-ring (bicyclic) bond motifs is 1. The molecular weight excluding hydrogens is 400 g/mol. The van der Waals surface area contributed by atoms with Crippen LogP contribution in [0.25, 0.3) is 0 Å². The normalized spacial score (nSPS) is 23.5. The van der Waals surface area contributed by atoms with Gasteiger partial charge in [-0.05, 0) is 64.3 Å². The van der Waals surface area contributed by atoms with E-state index in [9.17, 15) is 4.79 Å². The average Bonchev–Trinajstić information content (AvgIpc) is 2.79. The largest absolute Gasteiger partial charge is 0.474 e. The maximum Gasteiger partial charge on any atom is 0.272 e. The predicted molar refractivity (Wildman–Crippen MR) is 128 cm³/mol. The molecule has 0 spiro atoms. The van der Waals surface area contributed by atoms with Crippen LogP contribution in [0.1, 0.15) is 63.2 Å². The van der Waals surface area contributed by atoms with Crippen LogP contribution >= 0.6 is 0 Å². The molecule has 2 aliphatic heterocycles. The second-order valence-corrected chi connectivity index (χ2v) is 9.07. The Morgan fingerprint density at radius 2 is 1.78 bits per heavy atom. The molecule has 3 atom stereocenters. The first-order valence-electron chi connectivity index (χ1n) is 11.7. The lowest BCUT2D eigenvalue weighted by atomic mass is 9.97. The maximum absolute atomic E-state index is 13.5. The molecule has 1 saturated heterocycles. The molecule has 2 aromatic rings. The van der Waals surface area contributed by atoms with Gasteiger partial charge in [0.25, 0.3) is 5.91 Å². The lowest BCUT2D eigenvalue weighted by Gasteiger charge is -2.39. The van der Waals surface area contributed by atoms with E-state index in [4.69, 9.17) is 15.9 Å². The van der Waals surface area contributed by atoms with Crippen LogP contribution in [-0.4, -0.2) is 41.8 Å². The average molecular weight is 435 g/mol. The zero-order chi connectivity index (χ0) is 22.7. The van der Waals surface area contributed by atoms with Crippen LogP contribution < -0.4 is 15.4 Å². The van der Waals surface area contributed by atoms with E-state index in [0.717, 1.165) is 30.6 Å². The fraction of sp³-hybridized carbons (Fsp3) is 0.462. The van der Waals surface area contributed by atoms with Gasteiger partial charge < -0.3 is 15.4 Å². The molecule has 2 aliphatic rings. The second-order valence-electron chi connectivity index (χ2n) is 9.07. The molecule has 1 fully saturated rings. The number of hydrogen-bond donors (Lipinski definition) is 2. The number of anilines is 1. The first-order chi connectivity index (χ1) is 15.5.